The largest absolute Gasteiger partial charge is 0.326 e. The van der Waals surface area contributed by atoms with E-state index >= 15 is 0 Å². The second-order valence-electron chi connectivity index (χ2n) is 5.74. The summed E-state index contributed by atoms with van der Waals surface area (Å²) in [7, 11) is 0. The molecule has 2 atom stereocenters. The first-order valence-electron chi connectivity index (χ1n) is 7.65. The third kappa shape index (κ3) is 4.02. The first-order chi connectivity index (χ1) is 9.26. The first kappa shape index (κ1) is 14.5. The Bertz CT molecular complexity index is 362. The van der Waals surface area contributed by atoms with Gasteiger partial charge in [-0.2, -0.15) is 0 Å². The molecule has 2 unspecified atom stereocenters. The predicted octanol–water partition coefficient (Wildman–Crippen LogP) is 2.98. The Kier molecular flexibility index (Phi) is 5.34. The fourth-order valence-corrected chi connectivity index (χ4v) is 2.78. The Hall–Kier alpha value is -0.930. The van der Waals surface area contributed by atoms with Crippen LogP contribution in [-0.2, 0) is 0 Å². The molecule has 0 aliphatic heterocycles. The molecule has 0 amide bonds. The van der Waals surface area contributed by atoms with Gasteiger partial charge in [-0.3, -0.25) is 9.88 Å². The Balaban J connectivity index is 2.18. The van der Waals surface area contributed by atoms with E-state index in [2.05, 4.69) is 35.9 Å². The van der Waals surface area contributed by atoms with Crippen LogP contribution in [0.2, 0.25) is 0 Å². The zero-order chi connectivity index (χ0) is 13.7. The fraction of sp³-hybridized carbons (Fsp3) is 0.688. The van der Waals surface area contributed by atoms with Gasteiger partial charge in [0.2, 0.25) is 0 Å². The number of aromatic nitrogens is 1. The van der Waals surface area contributed by atoms with Gasteiger partial charge in [-0.05, 0) is 55.8 Å². The third-order valence-corrected chi connectivity index (χ3v) is 4.02. The molecule has 0 bridgehead atoms. The van der Waals surface area contributed by atoms with Crippen LogP contribution in [0, 0.1) is 5.92 Å². The molecule has 1 aromatic heterocycles. The molecule has 1 aliphatic carbocycles. The van der Waals surface area contributed by atoms with E-state index in [0.29, 0.717) is 6.04 Å². The van der Waals surface area contributed by atoms with Gasteiger partial charge in [-0.25, -0.2) is 0 Å². The van der Waals surface area contributed by atoms with Crippen molar-refractivity contribution in [3.05, 3.63) is 30.1 Å². The first-order valence-corrected chi connectivity index (χ1v) is 7.65. The summed E-state index contributed by atoms with van der Waals surface area (Å²) in [5, 5.41) is 0. The standard InChI is InChI=1S/C16H27N3/c1-3-11-19(12-13-5-6-13)16(15(17)4-2)14-7-9-18-10-8-14/h7-10,13,15-16H,3-6,11-12,17H2,1-2H3. The zero-order valence-electron chi connectivity index (χ0n) is 12.3. The van der Waals surface area contributed by atoms with Gasteiger partial charge < -0.3 is 5.73 Å². The maximum Gasteiger partial charge on any atom is 0.0500 e. The van der Waals surface area contributed by atoms with Crippen molar-refractivity contribution in [3.63, 3.8) is 0 Å². The van der Waals surface area contributed by atoms with E-state index in [-0.39, 0.29) is 6.04 Å². The highest BCUT2D eigenvalue weighted by Gasteiger charge is 2.30. The summed E-state index contributed by atoms with van der Waals surface area (Å²) in [5.74, 6) is 0.903. The second kappa shape index (κ2) is 7.01. The molecule has 106 valence electrons. The minimum atomic E-state index is 0.202. The molecule has 19 heavy (non-hydrogen) atoms. The average Bonchev–Trinajstić information content (AvgIpc) is 3.24. The van der Waals surface area contributed by atoms with Crippen molar-refractivity contribution in [2.75, 3.05) is 13.1 Å². The fourth-order valence-electron chi connectivity index (χ4n) is 2.78. The third-order valence-electron chi connectivity index (χ3n) is 4.02. The Morgan fingerprint density at radius 2 is 2.00 bits per heavy atom. The molecule has 2 rings (SSSR count). The molecule has 0 saturated heterocycles. The van der Waals surface area contributed by atoms with Crippen LogP contribution in [0.15, 0.2) is 24.5 Å². The number of nitrogens with zero attached hydrogens (tertiary/aromatic N) is 2. The van der Waals surface area contributed by atoms with Crippen molar-refractivity contribution in [2.45, 2.75) is 51.6 Å². The molecule has 0 radical (unpaired) electrons. The summed E-state index contributed by atoms with van der Waals surface area (Å²) in [6.07, 6.45) is 8.75. The zero-order valence-corrected chi connectivity index (χ0v) is 12.3. The van der Waals surface area contributed by atoms with E-state index in [1.165, 1.54) is 31.4 Å². The van der Waals surface area contributed by atoms with Crippen molar-refractivity contribution in [1.29, 1.82) is 0 Å². The van der Waals surface area contributed by atoms with Gasteiger partial charge in [0, 0.05) is 31.0 Å². The van der Waals surface area contributed by atoms with Gasteiger partial charge in [-0.1, -0.05) is 13.8 Å². The van der Waals surface area contributed by atoms with E-state index in [1.807, 2.05) is 12.4 Å². The summed E-state index contributed by atoms with van der Waals surface area (Å²) in [5.41, 5.74) is 7.73. The Morgan fingerprint density at radius 1 is 1.32 bits per heavy atom. The topological polar surface area (TPSA) is 42.2 Å². The van der Waals surface area contributed by atoms with E-state index in [1.54, 1.807) is 0 Å². The van der Waals surface area contributed by atoms with Crippen LogP contribution in [0.25, 0.3) is 0 Å². The number of pyridine rings is 1. The molecule has 2 N–H and O–H groups in total. The quantitative estimate of drug-likeness (QED) is 0.782. The van der Waals surface area contributed by atoms with E-state index in [9.17, 15) is 0 Å². The molecule has 0 spiro atoms. The SMILES string of the molecule is CCCN(CC1CC1)C(c1ccncc1)C(N)CC. The maximum atomic E-state index is 6.41. The molecule has 3 heteroatoms. The molecule has 1 aliphatic rings. The highest BCUT2D eigenvalue weighted by atomic mass is 15.2. The van der Waals surface area contributed by atoms with Crippen LogP contribution in [0.5, 0.6) is 0 Å². The molecule has 1 aromatic rings. The highest BCUT2D eigenvalue weighted by Crippen LogP contribution is 2.34. The number of rotatable bonds is 8. The number of hydrogen-bond acceptors (Lipinski definition) is 3. The molecular weight excluding hydrogens is 234 g/mol. The van der Waals surface area contributed by atoms with Gasteiger partial charge in [-0.15, -0.1) is 0 Å². The van der Waals surface area contributed by atoms with Gasteiger partial charge in [0.15, 0.2) is 0 Å². The summed E-state index contributed by atoms with van der Waals surface area (Å²) in [4.78, 5) is 6.73. The van der Waals surface area contributed by atoms with Crippen molar-refractivity contribution in [3.8, 4) is 0 Å². The molecule has 1 fully saturated rings. The average molecular weight is 261 g/mol. The van der Waals surface area contributed by atoms with Gasteiger partial charge in [0.25, 0.3) is 0 Å². The van der Waals surface area contributed by atoms with Gasteiger partial charge in [0.1, 0.15) is 0 Å². The van der Waals surface area contributed by atoms with E-state index in [0.717, 1.165) is 18.9 Å². The Labute approximate surface area is 117 Å². The molecule has 0 aromatic carbocycles. The maximum absolute atomic E-state index is 6.41. The van der Waals surface area contributed by atoms with Gasteiger partial charge in [0.05, 0.1) is 0 Å². The van der Waals surface area contributed by atoms with E-state index in [4.69, 9.17) is 5.73 Å². The smallest absolute Gasteiger partial charge is 0.0500 e. The number of hydrogen-bond donors (Lipinski definition) is 1. The summed E-state index contributed by atoms with van der Waals surface area (Å²) < 4.78 is 0. The van der Waals surface area contributed by atoms with Crippen LogP contribution < -0.4 is 5.73 Å². The summed E-state index contributed by atoms with van der Waals surface area (Å²) >= 11 is 0. The lowest BCUT2D eigenvalue weighted by molar-refractivity contribution is 0.162. The highest BCUT2D eigenvalue weighted by molar-refractivity contribution is 5.17. The molecule has 1 heterocycles. The minimum Gasteiger partial charge on any atom is -0.326 e. The van der Waals surface area contributed by atoms with Crippen LogP contribution in [0.1, 0.15) is 51.1 Å². The minimum absolute atomic E-state index is 0.202. The van der Waals surface area contributed by atoms with Crippen LogP contribution >= 0.6 is 0 Å². The van der Waals surface area contributed by atoms with Crippen LogP contribution in [0.4, 0.5) is 0 Å². The normalized spacial score (nSPS) is 18.5. The van der Waals surface area contributed by atoms with Crippen LogP contribution in [-0.4, -0.2) is 29.0 Å². The van der Waals surface area contributed by atoms with Crippen LogP contribution in [0.3, 0.4) is 0 Å². The van der Waals surface area contributed by atoms with Crippen molar-refractivity contribution >= 4 is 0 Å². The molecular formula is C16H27N3. The van der Waals surface area contributed by atoms with Crippen molar-refractivity contribution < 1.29 is 0 Å². The van der Waals surface area contributed by atoms with Crippen molar-refractivity contribution in [2.24, 2.45) is 11.7 Å². The summed E-state index contributed by atoms with van der Waals surface area (Å²) in [6, 6.07) is 4.78. The lowest BCUT2D eigenvalue weighted by Crippen LogP contribution is -2.42. The molecule has 3 nitrogen and oxygen atoms in total. The monoisotopic (exact) mass is 261 g/mol. The molecule has 1 saturated carbocycles. The predicted molar refractivity (Wildman–Crippen MR) is 79.8 cm³/mol. The van der Waals surface area contributed by atoms with Crippen molar-refractivity contribution in [1.82, 2.24) is 9.88 Å². The Morgan fingerprint density at radius 3 is 2.53 bits per heavy atom. The summed E-state index contributed by atoms with van der Waals surface area (Å²) in [6.45, 7) is 6.77. The van der Waals surface area contributed by atoms with E-state index < -0.39 is 0 Å². The number of nitrogens with two attached hydrogens (primary N) is 1. The lowest BCUT2D eigenvalue weighted by atomic mass is 9.96. The second-order valence-corrected chi connectivity index (χ2v) is 5.74. The van der Waals surface area contributed by atoms with Gasteiger partial charge >= 0.3 is 0 Å². The lowest BCUT2D eigenvalue weighted by Gasteiger charge is -2.35.